The molecule has 0 aliphatic heterocycles. The van der Waals surface area contributed by atoms with Gasteiger partial charge in [0.15, 0.2) is 0 Å². The summed E-state index contributed by atoms with van der Waals surface area (Å²) in [6.07, 6.45) is -3.15. The van der Waals surface area contributed by atoms with Gasteiger partial charge in [0.05, 0.1) is 29.5 Å². The van der Waals surface area contributed by atoms with Gasteiger partial charge in [-0.25, -0.2) is 13.9 Å². The van der Waals surface area contributed by atoms with Gasteiger partial charge in [0.25, 0.3) is 11.1 Å². The van der Waals surface area contributed by atoms with Gasteiger partial charge in [-0.1, -0.05) is 6.07 Å². The van der Waals surface area contributed by atoms with Crippen LogP contribution in [0.25, 0.3) is 22.0 Å². The van der Waals surface area contributed by atoms with Gasteiger partial charge in [-0.05, 0) is 42.6 Å². The second-order valence-electron chi connectivity index (χ2n) is 8.27. The van der Waals surface area contributed by atoms with E-state index in [1.165, 1.54) is 25.4 Å². The summed E-state index contributed by atoms with van der Waals surface area (Å²) >= 11 is 0. The van der Waals surface area contributed by atoms with E-state index in [2.05, 4.69) is 15.4 Å². The van der Waals surface area contributed by atoms with Crippen LogP contribution in [-0.4, -0.2) is 32.0 Å². The summed E-state index contributed by atoms with van der Waals surface area (Å²) in [5, 5.41) is 8.05. The molecular formula is C24H20F5N5O2. The van der Waals surface area contributed by atoms with Gasteiger partial charge >= 0.3 is 6.18 Å². The van der Waals surface area contributed by atoms with Crippen LogP contribution in [0.2, 0.25) is 0 Å². The number of hydrogen-bond donors (Lipinski definition) is 2. The molecule has 4 rings (SSSR count). The Morgan fingerprint density at radius 2 is 1.94 bits per heavy atom. The normalized spacial score (nSPS) is 13.5. The van der Waals surface area contributed by atoms with Crippen LogP contribution in [0.1, 0.15) is 18.9 Å². The van der Waals surface area contributed by atoms with Crippen LogP contribution in [0.3, 0.4) is 0 Å². The summed E-state index contributed by atoms with van der Waals surface area (Å²) in [6.45, 7) is 1.04. The quantitative estimate of drug-likeness (QED) is 0.360. The number of hydrogen-bond acceptors (Lipinski definition) is 5. The zero-order valence-corrected chi connectivity index (χ0v) is 18.8. The Hall–Kier alpha value is -4.09. The third-order valence-electron chi connectivity index (χ3n) is 5.55. The average molecular weight is 505 g/mol. The van der Waals surface area contributed by atoms with Crippen LogP contribution >= 0.6 is 0 Å². The second-order valence-corrected chi connectivity index (χ2v) is 8.27. The van der Waals surface area contributed by atoms with Gasteiger partial charge < -0.3 is 9.88 Å². The molecule has 0 aliphatic carbocycles. The predicted octanol–water partition coefficient (Wildman–Crippen LogP) is 4.53. The molecule has 2 N–H and O–H groups in total. The molecule has 2 atom stereocenters. The van der Waals surface area contributed by atoms with E-state index in [0.717, 1.165) is 16.8 Å². The van der Waals surface area contributed by atoms with Crippen molar-refractivity contribution in [1.29, 1.82) is 0 Å². The summed E-state index contributed by atoms with van der Waals surface area (Å²) in [7, 11) is 0. The Labute approximate surface area is 200 Å². The van der Waals surface area contributed by atoms with Crippen LogP contribution in [0.15, 0.2) is 64.6 Å². The van der Waals surface area contributed by atoms with Crippen molar-refractivity contribution in [3.05, 3.63) is 87.1 Å². The largest absolute Gasteiger partial charge is 0.423 e. The fourth-order valence-electron chi connectivity index (χ4n) is 3.95. The van der Waals surface area contributed by atoms with Crippen LogP contribution in [-0.2, 0) is 12.7 Å². The highest BCUT2D eigenvalue weighted by atomic mass is 19.4. The minimum Gasteiger partial charge on any atom is -0.381 e. The van der Waals surface area contributed by atoms with Gasteiger partial charge in [-0.15, -0.1) is 0 Å². The van der Waals surface area contributed by atoms with Gasteiger partial charge in [0.1, 0.15) is 17.6 Å². The zero-order chi connectivity index (χ0) is 26.0. The molecule has 12 heteroatoms. The van der Waals surface area contributed by atoms with Crippen LogP contribution in [0.4, 0.5) is 27.6 Å². The Bertz CT molecular complexity index is 1500. The Balaban J connectivity index is 1.51. The third kappa shape index (κ3) is 5.26. The summed E-state index contributed by atoms with van der Waals surface area (Å²) in [4.78, 5) is 28.6. The van der Waals surface area contributed by atoms with E-state index in [1.807, 2.05) is 0 Å². The third-order valence-corrected chi connectivity index (χ3v) is 5.55. The first kappa shape index (κ1) is 25.0. The SMILES string of the molecule is CC(CC(F)Cn1ccc2cc(-c3ccccn3)c(F)cc2c1=O)Nc1cn[nH]c(=O)c1C(F)(F)F. The topological polar surface area (TPSA) is 92.7 Å². The lowest BCUT2D eigenvalue weighted by atomic mass is 10.0. The first-order valence-corrected chi connectivity index (χ1v) is 10.8. The lowest BCUT2D eigenvalue weighted by Crippen LogP contribution is -2.30. The number of nitrogens with zero attached hydrogens (tertiary/aromatic N) is 3. The van der Waals surface area contributed by atoms with E-state index in [9.17, 15) is 31.5 Å². The lowest BCUT2D eigenvalue weighted by molar-refractivity contribution is -0.138. The number of alkyl halides is 4. The van der Waals surface area contributed by atoms with Crippen molar-refractivity contribution in [1.82, 2.24) is 19.7 Å². The zero-order valence-electron chi connectivity index (χ0n) is 18.8. The average Bonchev–Trinajstić information content (AvgIpc) is 2.80. The fourth-order valence-corrected chi connectivity index (χ4v) is 3.95. The van der Waals surface area contributed by atoms with Crippen molar-refractivity contribution >= 4 is 16.5 Å². The highest BCUT2D eigenvalue weighted by Gasteiger charge is 2.37. The maximum Gasteiger partial charge on any atom is 0.423 e. The smallest absolute Gasteiger partial charge is 0.381 e. The molecular weight excluding hydrogens is 485 g/mol. The molecule has 3 heterocycles. The van der Waals surface area contributed by atoms with Crippen molar-refractivity contribution in [2.45, 2.75) is 38.3 Å². The molecule has 3 aromatic heterocycles. The van der Waals surface area contributed by atoms with Gasteiger partial charge in [0, 0.05) is 30.4 Å². The molecule has 2 unspecified atom stereocenters. The van der Waals surface area contributed by atoms with Crippen molar-refractivity contribution in [3.8, 4) is 11.3 Å². The van der Waals surface area contributed by atoms with Crippen LogP contribution in [0.5, 0.6) is 0 Å². The number of aromatic nitrogens is 4. The molecule has 0 bridgehead atoms. The molecule has 7 nitrogen and oxygen atoms in total. The molecule has 0 saturated heterocycles. The summed E-state index contributed by atoms with van der Waals surface area (Å²) in [5.74, 6) is -0.655. The van der Waals surface area contributed by atoms with Crippen molar-refractivity contribution in [3.63, 3.8) is 0 Å². The minimum atomic E-state index is -4.93. The van der Waals surface area contributed by atoms with Crippen LogP contribution in [0, 0.1) is 5.82 Å². The molecule has 36 heavy (non-hydrogen) atoms. The summed E-state index contributed by atoms with van der Waals surface area (Å²) < 4.78 is 70.2. The molecule has 0 aliphatic rings. The maximum absolute atomic E-state index is 14.8. The fraction of sp³-hybridized carbons (Fsp3) is 0.250. The molecule has 188 valence electrons. The number of benzene rings is 1. The maximum atomic E-state index is 14.8. The molecule has 0 fully saturated rings. The number of H-pyrrole nitrogens is 1. The molecule has 0 spiro atoms. The number of anilines is 1. The number of aromatic amines is 1. The summed E-state index contributed by atoms with van der Waals surface area (Å²) in [5.41, 5.74) is -3.45. The highest BCUT2D eigenvalue weighted by molar-refractivity contribution is 5.86. The number of rotatable bonds is 7. The number of fused-ring (bicyclic) bond motifs is 1. The molecule has 0 radical (unpaired) electrons. The second kappa shape index (κ2) is 9.88. The van der Waals surface area contributed by atoms with E-state index in [1.54, 1.807) is 29.4 Å². The first-order valence-electron chi connectivity index (χ1n) is 10.8. The van der Waals surface area contributed by atoms with E-state index in [4.69, 9.17) is 0 Å². The molecule has 1 aromatic carbocycles. The minimum absolute atomic E-state index is 0.0532. The monoisotopic (exact) mass is 505 g/mol. The number of nitrogens with one attached hydrogen (secondary N) is 2. The van der Waals surface area contributed by atoms with Crippen molar-refractivity contribution < 1.29 is 22.0 Å². The van der Waals surface area contributed by atoms with Gasteiger partial charge in [-0.2, -0.15) is 18.3 Å². The Kier molecular flexibility index (Phi) is 6.86. The van der Waals surface area contributed by atoms with Gasteiger partial charge in [0.2, 0.25) is 0 Å². The lowest BCUT2D eigenvalue weighted by Gasteiger charge is -2.20. The Morgan fingerprint density at radius 3 is 2.64 bits per heavy atom. The number of pyridine rings is 2. The van der Waals surface area contributed by atoms with Gasteiger partial charge in [-0.3, -0.25) is 14.6 Å². The van der Waals surface area contributed by atoms with Crippen molar-refractivity contribution in [2.24, 2.45) is 0 Å². The Morgan fingerprint density at radius 1 is 1.17 bits per heavy atom. The molecule has 0 amide bonds. The van der Waals surface area contributed by atoms with Crippen molar-refractivity contribution in [2.75, 3.05) is 5.32 Å². The molecule has 4 aromatic rings. The first-order chi connectivity index (χ1) is 17.0. The van der Waals surface area contributed by atoms with Crippen LogP contribution < -0.4 is 16.4 Å². The van der Waals surface area contributed by atoms with E-state index >= 15 is 0 Å². The number of halogens is 5. The van der Waals surface area contributed by atoms with E-state index < -0.39 is 53.1 Å². The predicted molar refractivity (Wildman–Crippen MR) is 124 cm³/mol. The molecule has 0 saturated carbocycles. The highest BCUT2D eigenvalue weighted by Crippen LogP contribution is 2.32. The summed E-state index contributed by atoms with van der Waals surface area (Å²) in [6, 6.07) is 8.31. The van der Waals surface area contributed by atoms with E-state index in [0.29, 0.717) is 11.1 Å². The standard InChI is InChI=1S/C24H20F5N5O2/c1-13(32-20-11-31-33-22(35)21(20)24(27,28)29)8-15(25)12-34-7-5-14-9-17(19-4-2-3-6-30-19)18(26)10-16(14)23(34)36/h2-7,9-11,13,15H,8,12H2,1H3,(H2,32,33,35). The van der Waals surface area contributed by atoms with E-state index in [-0.39, 0.29) is 17.4 Å².